The number of piperidine rings is 1. The van der Waals surface area contributed by atoms with Crippen molar-refractivity contribution >= 4 is 15.5 Å². The van der Waals surface area contributed by atoms with E-state index < -0.39 is 37.4 Å². The van der Waals surface area contributed by atoms with Crippen molar-refractivity contribution in [3.05, 3.63) is 36.0 Å². The molecule has 2 aromatic rings. The molecule has 0 N–H and O–H groups in total. The van der Waals surface area contributed by atoms with Crippen LogP contribution in [0.5, 0.6) is 0 Å². The van der Waals surface area contributed by atoms with Crippen LogP contribution >= 0.6 is 0 Å². The summed E-state index contributed by atoms with van der Waals surface area (Å²) in [5.74, 6) is -0.871. The van der Waals surface area contributed by atoms with Crippen molar-refractivity contribution in [1.82, 2.24) is 14.8 Å². The molecule has 11 heteroatoms. The first-order valence-corrected chi connectivity index (χ1v) is 10.5. The molecule has 160 valence electrons. The maximum atomic E-state index is 13.4. The third-order valence-electron chi connectivity index (χ3n) is 5.65. The predicted octanol–water partition coefficient (Wildman–Crippen LogP) is 3.44. The van der Waals surface area contributed by atoms with Crippen molar-refractivity contribution in [2.45, 2.75) is 42.6 Å². The number of anilines is 1. The van der Waals surface area contributed by atoms with Crippen molar-refractivity contribution in [2.24, 2.45) is 13.0 Å². The number of rotatable bonds is 4. The Labute approximate surface area is 166 Å². The van der Waals surface area contributed by atoms with E-state index in [1.165, 1.54) is 33.2 Å². The Bertz CT molecular complexity index is 994. The van der Waals surface area contributed by atoms with Gasteiger partial charge in [-0.05, 0) is 38.7 Å². The van der Waals surface area contributed by atoms with Crippen molar-refractivity contribution in [1.29, 1.82) is 0 Å². The number of hydrogen-bond acceptors (Lipinski definition) is 5. The van der Waals surface area contributed by atoms with Gasteiger partial charge in [0.05, 0.1) is 4.75 Å². The lowest BCUT2D eigenvalue weighted by molar-refractivity contribution is -0.141. The van der Waals surface area contributed by atoms with E-state index in [1.807, 2.05) is 4.90 Å². The minimum atomic E-state index is -4.72. The summed E-state index contributed by atoms with van der Waals surface area (Å²) < 4.78 is 78.1. The number of halogens is 4. The minimum Gasteiger partial charge on any atom is -0.371 e. The Kier molecular flexibility index (Phi) is 5.39. The van der Waals surface area contributed by atoms with Gasteiger partial charge >= 0.3 is 6.18 Å². The summed E-state index contributed by atoms with van der Waals surface area (Å²) in [6, 6.07) is 3.59. The Balaban J connectivity index is 1.81. The van der Waals surface area contributed by atoms with Gasteiger partial charge in [0.25, 0.3) is 0 Å². The normalized spacial score (nSPS) is 17.0. The van der Waals surface area contributed by atoms with Crippen LogP contribution in [0.2, 0.25) is 0 Å². The summed E-state index contributed by atoms with van der Waals surface area (Å²) in [6.07, 6.45) is -2.35. The largest absolute Gasteiger partial charge is 0.435 e. The second-order valence-corrected chi connectivity index (χ2v) is 10.2. The molecule has 0 unspecified atom stereocenters. The Hall–Kier alpha value is -2.17. The first kappa shape index (κ1) is 21.5. The van der Waals surface area contributed by atoms with Gasteiger partial charge in [0, 0.05) is 44.2 Å². The number of sulfone groups is 1. The van der Waals surface area contributed by atoms with Crippen LogP contribution in [0.15, 0.2) is 29.4 Å². The van der Waals surface area contributed by atoms with Crippen molar-refractivity contribution < 1.29 is 26.0 Å². The van der Waals surface area contributed by atoms with Gasteiger partial charge in [-0.25, -0.2) is 13.4 Å². The number of hydrogen-bond donors (Lipinski definition) is 0. The highest BCUT2D eigenvalue weighted by Crippen LogP contribution is 2.40. The van der Waals surface area contributed by atoms with E-state index in [2.05, 4.69) is 10.1 Å². The zero-order valence-corrected chi connectivity index (χ0v) is 17.1. The molecule has 29 heavy (non-hydrogen) atoms. The average Bonchev–Trinajstić information content (AvgIpc) is 3.04. The van der Waals surface area contributed by atoms with E-state index in [0.29, 0.717) is 37.7 Å². The van der Waals surface area contributed by atoms with E-state index >= 15 is 0 Å². The van der Waals surface area contributed by atoms with E-state index in [1.54, 1.807) is 6.07 Å². The van der Waals surface area contributed by atoms with Crippen LogP contribution in [-0.2, 0) is 23.1 Å². The van der Waals surface area contributed by atoms with E-state index in [9.17, 15) is 26.0 Å². The number of alkyl halides is 3. The monoisotopic (exact) mass is 434 g/mol. The van der Waals surface area contributed by atoms with Gasteiger partial charge in [-0.2, -0.15) is 22.7 Å². The van der Waals surface area contributed by atoms with Gasteiger partial charge in [0.2, 0.25) is 15.8 Å². The molecule has 0 atom stereocenters. The predicted molar refractivity (Wildman–Crippen MR) is 98.6 cm³/mol. The molecular formula is C18H22F4N4O2S. The van der Waals surface area contributed by atoms with E-state index in [0.717, 1.165) is 4.68 Å². The topological polar surface area (TPSA) is 68.1 Å². The second kappa shape index (κ2) is 7.26. The molecule has 1 saturated heterocycles. The summed E-state index contributed by atoms with van der Waals surface area (Å²) in [7, 11) is -2.89. The van der Waals surface area contributed by atoms with Crippen molar-refractivity contribution in [3.8, 4) is 0 Å². The molecule has 6 nitrogen and oxygen atoms in total. The van der Waals surface area contributed by atoms with Gasteiger partial charge in [-0.3, -0.25) is 4.68 Å². The van der Waals surface area contributed by atoms with Gasteiger partial charge < -0.3 is 4.90 Å². The fourth-order valence-corrected chi connectivity index (χ4v) is 5.62. The summed E-state index contributed by atoms with van der Waals surface area (Å²) >= 11 is 0. The first-order chi connectivity index (χ1) is 13.3. The van der Waals surface area contributed by atoms with Gasteiger partial charge in [0.15, 0.2) is 10.7 Å². The third kappa shape index (κ3) is 3.96. The van der Waals surface area contributed by atoms with Crippen LogP contribution in [0.25, 0.3) is 0 Å². The van der Waals surface area contributed by atoms with Crippen LogP contribution in [0, 0.1) is 11.9 Å². The highest BCUT2D eigenvalue weighted by atomic mass is 32.2. The number of aromatic nitrogens is 3. The van der Waals surface area contributed by atoms with E-state index in [4.69, 9.17) is 0 Å². The van der Waals surface area contributed by atoms with Gasteiger partial charge in [0.1, 0.15) is 0 Å². The average molecular weight is 434 g/mol. The molecule has 0 bridgehead atoms. The fraction of sp³-hybridized carbons (Fsp3) is 0.556. The Morgan fingerprint density at radius 3 is 2.28 bits per heavy atom. The van der Waals surface area contributed by atoms with E-state index in [-0.39, 0.29) is 5.92 Å². The molecular weight excluding hydrogens is 412 g/mol. The van der Waals surface area contributed by atoms with Crippen LogP contribution in [0.3, 0.4) is 0 Å². The Morgan fingerprint density at radius 1 is 1.14 bits per heavy atom. The third-order valence-corrected chi connectivity index (χ3v) is 8.30. The standard InChI is InChI=1S/C18H22F4N4O2S/c1-17(2,29(27,28)16-11-14(18(20,21)22)24-25(16)3)12-5-8-26(9-6-12)13-4-7-23-15(19)10-13/h4,7,10-12H,5-6,8-9H2,1-3H3. The molecule has 0 spiro atoms. The molecule has 3 rings (SSSR count). The highest BCUT2D eigenvalue weighted by Gasteiger charge is 2.46. The van der Waals surface area contributed by atoms with Crippen LogP contribution in [0.1, 0.15) is 32.4 Å². The second-order valence-electron chi connectivity index (χ2n) is 7.69. The number of pyridine rings is 1. The van der Waals surface area contributed by atoms with Crippen LogP contribution < -0.4 is 4.90 Å². The molecule has 0 saturated carbocycles. The Morgan fingerprint density at radius 2 is 1.76 bits per heavy atom. The first-order valence-electron chi connectivity index (χ1n) is 9.06. The van der Waals surface area contributed by atoms with Crippen molar-refractivity contribution in [2.75, 3.05) is 18.0 Å². The zero-order chi connectivity index (χ0) is 21.6. The summed E-state index contributed by atoms with van der Waals surface area (Å²) in [5.41, 5.74) is -0.568. The smallest absolute Gasteiger partial charge is 0.371 e. The van der Waals surface area contributed by atoms with Crippen molar-refractivity contribution in [3.63, 3.8) is 0 Å². The number of nitrogens with zero attached hydrogens (tertiary/aromatic N) is 4. The summed E-state index contributed by atoms with van der Waals surface area (Å²) in [4.78, 5) is 5.46. The number of aryl methyl sites for hydroxylation is 1. The molecule has 0 aliphatic carbocycles. The lowest BCUT2D eigenvalue weighted by Crippen LogP contribution is -2.46. The van der Waals surface area contributed by atoms with Gasteiger partial charge in [-0.1, -0.05) is 0 Å². The molecule has 1 aliphatic rings. The zero-order valence-electron chi connectivity index (χ0n) is 16.2. The molecule has 1 fully saturated rings. The summed E-state index contributed by atoms with van der Waals surface area (Å²) in [6.45, 7) is 4.09. The molecule has 1 aliphatic heterocycles. The lowest BCUT2D eigenvalue weighted by atomic mass is 9.85. The lowest BCUT2D eigenvalue weighted by Gasteiger charge is -2.40. The molecule has 0 amide bonds. The highest BCUT2D eigenvalue weighted by molar-refractivity contribution is 7.92. The van der Waals surface area contributed by atoms with Crippen LogP contribution in [0.4, 0.5) is 23.2 Å². The maximum absolute atomic E-state index is 13.4. The quantitative estimate of drug-likeness (QED) is 0.545. The maximum Gasteiger partial charge on any atom is 0.435 e. The van der Waals surface area contributed by atoms with Crippen LogP contribution in [-0.4, -0.2) is 41.0 Å². The SMILES string of the molecule is Cn1nc(C(F)(F)F)cc1S(=O)(=O)C(C)(C)C1CCN(c2ccnc(F)c2)CC1. The molecule has 2 aromatic heterocycles. The molecule has 0 aromatic carbocycles. The molecule has 0 radical (unpaired) electrons. The van der Waals surface area contributed by atoms with Gasteiger partial charge in [-0.15, -0.1) is 0 Å². The fourth-order valence-electron chi connectivity index (χ4n) is 3.75. The minimum absolute atomic E-state index is 0.278. The summed E-state index contributed by atoms with van der Waals surface area (Å²) in [5, 5.41) is 2.88. The molecule has 3 heterocycles.